The summed E-state index contributed by atoms with van der Waals surface area (Å²) in [7, 11) is 3.13. The van der Waals surface area contributed by atoms with Crippen molar-refractivity contribution in [3.8, 4) is 11.5 Å². The van der Waals surface area contributed by atoms with Gasteiger partial charge in [0, 0.05) is 11.6 Å². The fourth-order valence-electron chi connectivity index (χ4n) is 1.64. The van der Waals surface area contributed by atoms with Crippen LogP contribution < -0.4 is 15.2 Å². The second-order valence-corrected chi connectivity index (χ2v) is 3.72. The number of hydrogen-bond acceptors (Lipinski definition) is 5. The van der Waals surface area contributed by atoms with Crippen molar-refractivity contribution in [3.05, 3.63) is 23.8 Å². The maximum atomic E-state index is 11.4. The number of esters is 1. The van der Waals surface area contributed by atoms with Gasteiger partial charge in [0.1, 0.15) is 11.5 Å². The monoisotopic (exact) mass is 289 g/mol. The van der Waals surface area contributed by atoms with E-state index in [2.05, 4.69) is 0 Å². The molecule has 0 bridgehead atoms. The SMILES string of the molecule is CCOC(=O)C[C@H](N)c1cc(OC)ccc1OC.Cl. The van der Waals surface area contributed by atoms with E-state index in [-0.39, 0.29) is 24.8 Å². The van der Waals surface area contributed by atoms with Gasteiger partial charge in [-0.2, -0.15) is 0 Å². The molecular formula is C13H20ClNO4. The summed E-state index contributed by atoms with van der Waals surface area (Å²) < 4.78 is 15.2. The first-order valence-corrected chi connectivity index (χ1v) is 5.75. The van der Waals surface area contributed by atoms with Crippen LogP contribution >= 0.6 is 12.4 Å². The zero-order valence-corrected chi connectivity index (χ0v) is 12.2. The zero-order chi connectivity index (χ0) is 13.5. The molecule has 0 amide bonds. The van der Waals surface area contributed by atoms with Gasteiger partial charge in [-0.3, -0.25) is 4.79 Å². The molecule has 1 rings (SSSR count). The minimum absolute atomic E-state index is 0. The van der Waals surface area contributed by atoms with Gasteiger partial charge in [0.2, 0.25) is 0 Å². The van der Waals surface area contributed by atoms with E-state index in [1.54, 1.807) is 39.3 Å². The van der Waals surface area contributed by atoms with Crippen LogP contribution in [0.2, 0.25) is 0 Å². The fourth-order valence-corrected chi connectivity index (χ4v) is 1.64. The van der Waals surface area contributed by atoms with E-state index < -0.39 is 6.04 Å². The Bertz CT molecular complexity index is 412. The Hall–Kier alpha value is -1.46. The lowest BCUT2D eigenvalue weighted by Crippen LogP contribution is -2.18. The van der Waals surface area contributed by atoms with Crippen LogP contribution in [0, 0.1) is 0 Å². The Labute approximate surface area is 119 Å². The highest BCUT2D eigenvalue weighted by Crippen LogP contribution is 2.29. The number of halogens is 1. The molecule has 1 aromatic carbocycles. The van der Waals surface area contributed by atoms with Crippen LogP contribution in [-0.4, -0.2) is 26.8 Å². The molecule has 0 fully saturated rings. The standard InChI is InChI=1S/C13H19NO4.ClH/c1-4-18-13(15)8-11(14)10-7-9(16-2)5-6-12(10)17-3;/h5-7,11H,4,8,14H2,1-3H3;1H/t11-;/m0./s1. The summed E-state index contributed by atoms with van der Waals surface area (Å²) >= 11 is 0. The van der Waals surface area contributed by atoms with E-state index in [9.17, 15) is 4.79 Å². The molecule has 0 aliphatic rings. The Morgan fingerprint density at radius 3 is 2.53 bits per heavy atom. The molecule has 0 aliphatic heterocycles. The largest absolute Gasteiger partial charge is 0.497 e. The molecule has 0 radical (unpaired) electrons. The van der Waals surface area contributed by atoms with Crippen molar-refractivity contribution in [2.45, 2.75) is 19.4 Å². The molecule has 0 aliphatic carbocycles. The van der Waals surface area contributed by atoms with Crippen LogP contribution in [0.15, 0.2) is 18.2 Å². The Kier molecular flexibility index (Phi) is 7.95. The number of hydrogen-bond donors (Lipinski definition) is 1. The van der Waals surface area contributed by atoms with E-state index in [1.165, 1.54) is 0 Å². The summed E-state index contributed by atoms with van der Waals surface area (Å²) in [6.07, 6.45) is 0.108. The highest BCUT2D eigenvalue weighted by atomic mass is 35.5. The predicted octanol–water partition coefficient (Wildman–Crippen LogP) is 2.08. The fraction of sp³-hybridized carbons (Fsp3) is 0.462. The molecule has 108 valence electrons. The van der Waals surface area contributed by atoms with Crippen molar-refractivity contribution >= 4 is 18.4 Å². The summed E-state index contributed by atoms with van der Waals surface area (Å²) in [5.74, 6) is 0.979. The first-order chi connectivity index (χ1) is 8.62. The van der Waals surface area contributed by atoms with Crippen molar-refractivity contribution in [2.24, 2.45) is 5.73 Å². The average Bonchev–Trinajstić information content (AvgIpc) is 2.38. The van der Waals surface area contributed by atoms with E-state index in [0.717, 1.165) is 5.56 Å². The minimum Gasteiger partial charge on any atom is -0.497 e. The third kappa shape index (κ3) is 4.96. The lowest BCUT2D eigenvalue weighted by atomic mass is 10.0. The number of ether oxygens (including phenoxy) is 3. The van der Waals surface area contributed by atoms with Crippen molar-refractivity contribution in [3.63, 3.8) is 0 Å². The van der Waals surface area contributed by atoms with Gasteiger partial charge in [0.25, 0.3) is 0 Å². The first kappa shape index (κ1) is 17.5. The van der Waals surface area contributed by atoms with Crippen molar-refractivity contribution in [1.82, 2.24) is 0 Å². The molecule has 0 saturated heterocycles. The van der Waals surface area contributed by atoms with E-state index in [0.29, 0.717) is 18.1 Å². The Morgan fingerprint density at radius 1 is 1.32 bits per heavy atom. The number of carbonyl (C=O) groups excluding carboxylic acids is 1. The smallest absolute Gasteiger partial charge is 0.307 e. The van der Waals surface area contributed by atoms with Gasteiger partial charge in [-0.15, -0.1) is 12.4 Å². The van der Waals surface area contributed by atoms with E-state index in [1.807, 2.05) is 0 Å². The molecule has 0 heterocycles. The van der Waals surface area contributed by atoms with Crippen molar-refractivity contribution < 1.29 is 19.0 Å². The number of carbonyl (C=O) groups is 1. The predicted molar refractivity (Wildman–Crippen MR) is 75.0 cm³/mol. The summed E-state index contributed by atoms with van der Waals surface area (Å²) in [5, 5.41) is 0. The maximum Gasteiger partial charge on any atom is 0.307 e. The molecule has 0 saturated carbocycles. The van der Waals surface area contributed by atoms with Gasteiger partial charge in [0.15, 0.2) is 0 Å². The number of rotatable bonds is 6. The number of benzene rings is 1. The molecule has 0 unspecified atom stereocenters. The summed E-state index contributed by atoms with van der Waals surface area (Å²) in [6.45, 7) is 2.11. The van der Waals surface area contributed by atoms with Gasteiger partial charge >= 0.3 is 5.97 Å². The third-order valence-electron chi connectivity index (χ3n) is 2.53. The topological polar surface area (TPSA) is 70.8 Å². The van der Waals surface area contributed by atoms with Gasteiger partial charge in [0.05, 0.1) is 27.2 Å². The second kappa shape index (κ2) is 8.61. The van der Waals surface area contributed by atoms with Gasteiger partial charge < -0.3 is 19.9 Å². The highest BCUT2D eigenvalue weighted by molar-refractivity contribution is 5.85. The summed E-state index contributed by atoms with van der Waals surface area (Å²) in [6, 6.07) is 4.83. The highest BCUT2D eigenvalue weighted by Gasteiger charge is 2.17. The maximum absolute atomic E-state index is 11.4. The van der Waals surface area contributed by atoms with Crippen LogP contribution in [-0.2, 0) is 9.53 Å². The summed E-state index contributed by atoms with van der Waals surface area (Å²) in [4.78, 5) is 11.4. The lowest BCUT2D eigenvalue weighted by Gasteiger charge is -2.16. The molecule has 6 heteroatoms. The average molecular weight is 290 g/mol. The molecule has 0 spiro atoms. The van der Waals surface area contributed by atoms with Crippen LogP contribution in [0.3, 0.4) is 0 Å². The molecule has 19 heavy (non-hydrogen) atoms. The number of methoxy groups -OCH3 is 2. The number of nitrogens with two attached hydrogens (primary N) is 1. The van der Waals surface area contributed by atoms with E-state index >= 15 is 0 Å². The van der Waals surface area contributed by atoms with Crippen molar-refractivity contribution in [1.29, 1.82) is 0 Å². The zero-order valence-electron chi connectivity index (χ0n) is 11.3. The van der Waals surface area contributed by atoms with E-state index in [4.69, 9.17) is 19.9 Å². The summed E-state index contributed by atoms with van der Waals surface area (Å²) in [5.41, 5.74) is 6.72. The van der Waals surface area contributed by atoms with Gasteiger partial charge in [-0.05, 0) is 25.1 Å². The quantitative estimate of drug-likeness (QED) is 0.812. The molecule has 2 N–H and O–H groups in total. The van der Waals surface area contributed by atoms with Crippen LogP contribution in [0.1, 0.15) is 24.9 Å². The molecule has 0 aromatic heterocycles. The van der Waals surface area contributed by atoms with Crippen LogP contribution in [0.5, 0.6) is 11.5 Å². The third-order valence-corrected chi connectivity index (χ3v) is 2.53. The second-order valence-electron chi connectivity index (χ2n) is 3.72. The Morgan fingerprint density at radius 2 is 2.00 bits per heavy atom. The molecule has 1 aromatic rings. The molecule has 1 atom stereocenters. The minimum atomic E-state index is -0.478. The normalized spacial score (nSPS) is 11.2. The molecular weight excluding hydrogens is 270 g/mol. The van der Waals surface area contributed by atoms with Gasteiger partial charge in [-0.1, -0.05) is 0 Å². The van der Waals surface area contributed by atoms with Crippen LogP contribution in [0.25, 0.3) is 0 Å². The first-order valence-electron chi connectivity index (χ1n) is 5.75. The lowest BCUT2D eigenvalue weighted by molar-refractivity contribution is -0.143. The Balaban J connectivity index is 0.00000324. The van der Waals surface area contributed by atoms with Crippen molar-refractivity contribution in [2.75, 3.05) is 20.8 Å². The molecule has 5 nitrogen and oxygen atoms in total. The van der Waals surface area contributed by atoms with Gasteiger partial charge in [-0.25, -0.2) is 0 Å². The van der Waals surface area contributed by atoms with Crippen LogP contribution in [0.4, 0.5) is 0 Å².